The summed E-state index contributed by atoms with van der Waals surface area (Å²) in [4.78, 5) is 2.41. The van der Waals surface area contributed by atoms with E-state index in [4.69, 9.17) is 11.0 Å². The van der Waals surface area contributed by atoms with E-state index in [0.29, 0.717) is 17.3 Å². The minimum absolute atomic E-state index is 0.537. The Morgan fingerprint density at radius 3 is 3.00 bits per heavy atom. The van der Waals surface area contributed by atoms with Crippen LogP contribution in [0.5, 0.6) is 0 Å². The highest BCUT2D eigenvalue weighted by molar-refractivity contribution is 5.62. The van der Waals surface area contributed by atoms with Crippen molar-refractivity contribution in [3.8, 4) is 6.07 Å². The van der Waals surface area contributed by atoms with Crippen LogP contribution in [0.1, 0.15) is 24.8 Å². The normalized spacial score (nSPS) is 20.3. The molecule has 1 aliphatic heterocycles. The molecule has 1 unspecified atom stereocenters. The first-order valence-electron chi connectivity index (χ1n) is 6.44. The van der Waals surface area contributed by atoms with Crippen LogP contribution in [-0.2, 0) is 0 Å². The third-order valence-electron chi connectivity index (χ3n) is 3.64. The number of nitrogens with one attached hydrogen (secondary N) is 1. The standard InChI is InChI=1S/C14H20N4/c1-18-7-3-2-4-13(18)10-17-12-6-5-11(9-15)14(16)8-12/h5-6,8,13,17H,2-4,7,10,16H2,1H3. The maximum absolute atomic E-state index is 8.82. The average Bonchev–Trinajstić information content (AvgIpc) is 2.38. The monoisotopic (exact) mass is 244 g/mol. The predicted octanol–water partition coefficient (Wildman–Crippen LogP) is 2.04. The van der Waals surface area contributed by atoms with Crippen molar-refractivity contribution < 1.29 is 0 Å². The van der Waals surface area contributed by atoms with E-state index in [1.165, 1.54) is 25.8 Å². The van der Waals surface area contributed by atoms with E-state index in [-0.39, 0.29) is 0 Å². The molecule has 3 N–H and O–H groups in total. The van der Waals surface area contributed by atoms with Gasteiger partial charge in [0, 0.05) is 18.3 Å². The van der Waals surface area contributed by atoms with Crippen LogP contribution >= 0.6 is 0 Å². The maximum Gasteiger partial charge on any atom is 0.101 e. The quantitative estimate of drug-likeness (QED) is 0.799. The molecule has 4 nitrogen and oxygen atoms in total. The molecule has 1 fully saturated rings. The van der Waals surface area contributed by atoms with Crippen LogP contribution in [0.2, 0.25) is 0 Å². The summed E-state index contributed by atoms with van der Waals surface area (Å²) in [6.45, 7) is 2.11. The Balaban J connectivity index is 1.94. The number of nitrogens with zero attached hydrogens (tertiary/aromatic N) is 2. The number of hydrogen-bond acceptors (Lipinski definition) is 4. The highest BCUT2D eigenvalue weighted by Crippen LogP contribution is 2.19. The molecule has 2 rings (SSSR count). The van der Waals surface area contributed by atoms with Gasteiger partial charge < -0.3 is 16.0 Å². The first-order chi connectivity index (χ1) is 8.70. The second-order valence-electron chi connectivity index (χ2n) is 4.92. The third kappa shape index (κ3) is 2.93. The Morgan fingerprint density at radius 1 is 1.50 bits per heavy atom. The molecule has 0 radical (unpaired) electrons. The third-order valence-corrected chi connectivity index (χ3v) is 3.64. The molecule has 0 amide bonds. The number of nitrogens with two attached hydrogens (primary N) is 1. The van der Waals surface area contributed by atoms with Crippen LogP contribution in [0.15, 0.2) is 18.2 Å². The number of anilines is 2. The van der Waals surface area contributed by atoms with Gasteiger partial charge in [0.1, 0.15) is 6.07 Å². The Morgan fingerprint density at radius 2 is 2.33 bits per heavy atom. The van der Waals surface area contributed by atoms with Gasteiger partial charge in [0.05, 0.1) is 11.3 Å². The smallest absolute Gasteiger partial charge is 0.101 e. The van der Waals surface area contributed by atoms with Crippen LogP contribution < -0.4 is 11.1 Å². The molecule has 18 heavy (non-hydrogen) atoms. The molecule has 1 aromatic carbocycles. The maximum atomic E-state index is 8.82. The topological polar surface area (TPSA) is 65.1 Å². The number of nitriles is 1. The van der Waals surface area contributed by atoms with Crippen molar-refractivity contribution >= 4 is 11.4 Å². The molecule has 0 saturated carbocycles. The van der Waals surface area contributed by atoms with Gasteiger partial charge in [-0.15, -0.1) is 0 Å². The second-order valence-corrected chi connectivity index (χ2v) is 4.92. The lowest BCUT2D eigenvalue weighted by Gasteiger charge is -2.32. The SMILES string of the molecule is CN1CCCCC1CNc1ccc(C#N)c(N)c1. The molecule has 0 aromatic heterocycles. The van der Waals surface area contributed by atoms with Gasteiger partial charge >= 0.3 is 0 Å². The lowest BCUT2D eigenvalue weighted by Crippen LogP contribution is -2.40. The first-order valence-corrected chi connectivity index (χ1v) is 6.44. The number of likely N-dealkylation sites (N-methyl/N-ethyl adjacent to an activating group) is 1. The lowest BCUT2D eigenvalue weighted by molar-refractivity contribution is 0.194. The minimum Gasteiger partial charge on any atom is -0.398 e. The summed E-state index contributed by atoms with van der Waals surface area (Å²) < 4.78 is 0. The van der Waals surface area contributed by atoms with Gasteiger partial charge in [-0.05, 0) is 44.6 Å². The Hall–Kier alpha value is -1.73. The predicted molar refractivity (Wildman–Crippen MR) is 74.3 cm³/mol. The summed E-state index contributed by atoms with van der Waals surface area (Å²) in [6.07, 6.45) is 3.86. The highest BCUT2D eigenvalue weighted by atomic mass is 15.2. The number of hydrogen-bond donors (Lipinski definition) is 2. The van der Waals surface area contributed by atoms with Gasteiger partial charge in [0.25, 0.3) is 0 Å². The molecule has 0 spiro atoms. The van der Waals surface area contributed by atoms with Gasteiger partial charge in [0.15, 0.2) is 0 Å². The Bertz CT molecular complexity index is 450. The van der Waals surface area contributed by atoms with Gasteiger partial charge in [0.2, 0.25) is 0 Å². The Labute approximate surface area is 108 Å². The van der Waals surface area contributed by atoms with E-state index >= 15 is 0 Å². The average molecular weight is 244 g/mol. The van der Waals surface area contributed by atoms with Crippen LogP contribution in [0, 0.1) is 11.3 Å². The molecule has 96 valence electrons. The van der Waals surface area contributed by atoms with E-state index < -0.39 is 0 Å². The number of rotatable bonds is 3. The number of likely N-dealkylation sites (tertiary alicyclic amines) is 1. The van der Waals surface area contributed by atoms with Crippen molar-refractivity contribution in [2.45, 2.75) is 25.3 Å². The van der Waals surface area contributed by atoms with E-state index in [1.807, 2.05) is 12.1 Å². The molecule has 1 aromatic rings. The van der Waals surface area contributed by atoms with Crippen molar-refractivity contribution in [2.24, 2.45) is 0 Å². The fourth-order valence-electron chi connectivity index (χ4n) is 2.41. The lowest BCUT2D eigenvalue weighted by atomic mass is 10.0. The summed E-state index contributed by atoms with van der Waals surface area (Å²) in [5.41, 5.74) is 7.86. The molecule has 0 bridgehead atoms. The van der Waals surface area contributed by atoms with Crippen LogP contribution in [0.4, 0.5) is 11.4 Å². The summed E-state index contributed by atoms with van der Waals surface area (Å²) in [7, 11) is 2.18. The van der Waals surface area contributed by atoms with Crippen molar-refractivity contribution in [1.82, 2.24) is 4.90 Å². The fraction of sp³-hybridized carbons (Fsp3) is 0.500. The number of nitrogen functional groups attached to an aromatic ring is 1. The number of benzene rings is 1. The summed E-state index contributed by atoms with van der Waals surface area (Å²) in [5, 5.41) is 12.2. The summed E-state index contributed by atoms with van der Waals surface area (Å²) in [6, 6.07) is 8.18. The highest BCUT2D eigenvalue weighted by Gasteiger charge is 2.18. The van der Waals surface area contributed by atoms with Crippen molar-refractivity contribution in [1.29, 1.82) is 5.26 Å². The summed E-state index contributed by atoms with van der Waals surface area (Å²) >= 11 is 0. The van der Waals surface area contributed by atoms with Crippen molar-refractivity contribution in [3.63, 3.8) is 0 Å². The van der Waals surface area contributed by atoms with Crippen LogP contribution in [0.3, 0.4) is 0 Å². The second kappa shape index (κ2) is 5.74. The van der Waals surface area contributed by atoms with Gasteiger partial charge in [-0.1, -0.05) is 6.42 Å². The molecule has 1 heterocycles. The molecule has 0 aliphatic carbocycles. The number of piperidine rings is 1. The first kappa shape index (κ1) is 12.7. The molecule has 4 heteroatoms. The molecule has 1 atom stereocenters. The zero-order valence-electron chi connectivity index (χ0n) is 10.8. The Kier molecular flexibility index (Phi) is 4.06. The van der Waals surface area contributed by atoms with E-state index in [2.05, 4.69) is 23.3 Å². The van der Waals surface area contributed by atoms with E-state index in [0.717, 1.165) is 12.2 Å². The zero-order chi connectivity index (χ0) is 13.0. The van der Waals surface area contributed by atoms with Crippen LogP contribution in [0.25, 0.3) is 0 Å². The molecular formula is C14H20N4. The van der Waals surface area contributed by atoms with E-state index in [9.17, 15) is 0 Å². The van der Waals surface area contributed by atoms with Gasteiger partial charge in [-0.25, -0.2) is 0 Å². The molecule has 1 aliphatic rings. The van der Waals surface area contributed by atoms with Gasteiger partial charge in [-0.3, -0.25) is 0 Å². The molecular weight excluding hydrogens is 224 g/mol. The fourth-order valence-corrected chi connectivity index (χ4v) is 2.41. The largest absolute Gasteiger partial charge is 0.398 e. The van der Waals surface area contributed by atoms with Gasteiger partial charge in [-0.2, -0.15) is 5.26 Å². The summed E-state index contributed by atoms with van der Waals surface area (Å²) in [5.74, 6) is 0. The zero-order valence-corrected chi connectivity index (χ0v) is 10.8. The minimum atomic E-state index is 0.537. The van der Waals surface area contributed by atoms with Crippen LogP contribution in [-0.4, -0.2) is 31.1 Å². The van der Waals surface area contributed by atoms with Crippen molar-refractivity contribution in [3.05, 3.63) is 23.8 Å². The van der Waals surface area contributed by atoms with Crippen molar-refractivity contribution in [2.75, 3.05) is 31.2 Å². The molecule has 1 saturated heterocycles. The van der Waals surface area contributed by atoms with E-state index in [1.54, 1.807) is 6.07 Å².